The smallest absolute Gasteiger partial charge is 0.243 e. The minimum Gasteiger partial charge on any atom is -0.508 e. The Hall–Kier alpha value is -1.92. The second-order valence-corrected chi connectivity index (χ2v) is 3.96. The van der Waals surface area contributed by atoms with Crippen molar-refractivity contribution >= 4 is 0 Å². The number of hydrogen-bond acceptors (Lipinski definition) is 6. The summed E-state index contributed by atoms with van der Waals surface area (Å²) in [6.07, 6.45) is 0.564. The van der Waals surface area contributed by atoms with E-state index in [1.165, 1.54) is 0 Å². The van der Waals surface area contributed by atoms with E-state index in [9.17, 15) is 5.11 Å². The fourth-order valence-electron chi connectivity index (χ4n) is 1.58. The van der Waals surface area contributed by atoms with Gasteiger partial charge in [0, 0.05) is 7.11 Å². The van der Waals surface area contributed by atoms with Crippen LogP contribution in [0.15, 0.2) is 28.8 Å². The van der Waals surface area contributed by atoms with E-state index in [1.807, 2.05) is 12.1 Å². The Balaban J connectivity index is 2.02. The summed E-state index contributed by atoms with van der Waals surface area (Å²) in [4.78, 5) is 4.14. The van der Waals surface area contributed by atoms with Crippen molar-refractivity contribution in [3.05, 3.63) is 41.5 Å². The van der Waals surface area contributed by atoms with E-state index in [0.29, 0.717) is 24.7 Å². The number of phenolic OH excluding ortho intramolecular Hbond substituents is 1. The van der Waals surface area contributed by atoms with Gasteiger partial charge in [-0.15, -0.1) is 0 Å². The third-order valence-electron chi connectivity index (χ3n) is 2.47. The molecule has 0 radical (unpaired) electrons. The molecule has 3 N–H and O–H groups in total. The summed E-state index contributed by atoms with van der Waals surface area (Å²) in [7, 11) is 1.56. The summed E-state index contributed by atoms with van der Waals surface area (Å²) in [5, 5.41) is 12.9. The molecule has 0 saturated carbocycles. The molecule has 96 valence electrons. The quantitative estimate of drug-likeness (QED) is 0.825. The number of rotatable bonds is 5. The predicted molar refractivity (Wildman–Crippen MR) is 63.8 cm³/mol. The Bertz CT molecular complexity index is 496. The van der Waals surface area contributed by atoms with Gasteiger partial charge in [-0.05, 0) is 24.1 Å². The Morgan fingerprint density at radius 1 is 1.39 bits per heavy atom. The summed E-state index contributed by atoms with van der Waals surface area (Å²) in [5.41, 5.74) is 6.97. The van der Waals surface area contributed by atoms with Crippen molar-refractivity contribution in [1.82, 2.24) is 10.1 Å². The van der Waals surface area contributed by atoms with E-state index < -0.39 is 0 Å². The second-order valence-electron chi connectivity index (χ2n) is 3.96. The van der Waals surface area contributed by atoms with E-state index in [0.717, 1.165) is 5.56 Å². The number of aromatic hydroxyl groups is 1. The molecule has 1 aromatic heterocycles. The van der Waals surface area contributed by atoms with Crippen molar-refractivity contribution in [3.63, 3.8) is 0 Å². The molecule has 1 heterocycles. The summed E-state index contributed by atoms with van der Waals surface area (Å²) < 4.78 is 9.96. The van der Waals surface area contributed by atoms with E-state index in [-0.39, 0.29) is 11.8 Å². The molecule has 0 aliphatic carbocycles. The van der Waals surface area contributed by atoms with Crippen LogP contribution < -0.4 is 5.73 Å². The van der Waals surface area contributed by atoms with Crippen molar-refractivity contribution in [3.8, 4) is 5.75 Å². The molecule has 1 unspecified atom stereocenters. The average molecular weight is 249 g/mol. The number of nitrogens with two attached hydrogens (primary N) is 1. The molecule has 0 bridgehead atoms. The normalized spacial score (nSPS) is 12.6. The average Bonchev–Trinajstić information content (AvgIpc) is 2.81. The maximum absolute atomic E-state index is 9.18. The first-order chi connectivity index (χ1) is 8.69. The fourth-order valence-corrected chi connectivity index (χ4v) is 1.58. The molecular weight excluding hydrogens is 234 g/mol. The molecule has 0 spiro atoms. The van der Waals surface area contributed by atoms with Crippen LogP contribution in [0.4, 0.5) is 0 Å². The van der Waals surface area contributed by atoms with E-state index >= 15 is 0 Å². The molecule has 18 heavy (non-hydrogen) atoms. The first-order valence-corrected chi connectivity index (χ1v) is 5.54. The van der Waals surface area contributed by atoms with E-state index in [1.54, 1.807) is 19.2 Å². The first-order valence-electron chi connectivity index (χ1n) is 5.54. The number of methoxy groups -OCH3 is 1. The SMILES string of the molecule is COCc1noc(C(N)Cc2ccc(O)cc2)n1. The number of nitrogens with zero attached hydrogens (tertiary/aromatic N) is 2. The summed E-state index contributed by atoms with van der Waals surface area (Å²) in [6, 6.07) is 6.48. The molecule has 6 nitrogen and oxygen atoms in total. The molecule has 2 aromatic rings. The zero-order chi connectivity index (χ0) is 13.0. The number of phenols is 1. The lowest BCUT2D eigenvalue weighted by atomic mass is 10.1. The van der Waals surface area contributed by atoms with Crippen LogP contribution in [-0.2, 0) is 17.8 Å². The highest BCUT2D eigenvalue weighted by Crippen LogP contribution is 2.17. The Morgan fingerprint density at radius 3 is 2.78 bits per heavy atom. The lowest BCUT2D eigenvalue weighted by Gasteiger charge is -2.06. The van der Waals surface area contributed by atoms with Crippen LogP contribution in [0.25, 0.3) is 0 Å². The Labute approximate surface area is 104 Å². The van der Waals surface area contributed by atoms with Crippen LogP contribution >= 0.6 is 0 Å². The zero-order valence-electron chi connectivity index (χ0n) is 10.0. The van der Waals surface area contributed by atoms with Gasteiger partial charge >= 0.3 is 0 Å². The Kier molecular flexibility index (Phi) is 3.91. The van der Waals surface area contributed by atoms with Crippen molar-refractivity contribution in [2.45, 2.75) is 19.1 Å². The molecule has 6 heteroatoms. The largest absolute Gasteiger partial charge is 0.508 e. The van der Waals surface area contributed by atoms with E-state index in [2.05, 4.69) is 10.1 Å². The molecule has 0 aliphatic heterocycles. The van der Waals surface area contributed by atoms with Crippen LogP contribution in [0, 0.1) is 0 Å². The van der Waals surface area contributed by atoms with Gasteiger partial charge in [0.15, 0.2) is 5.82 Å². The highest BCUT2D eigenvalue weighted by Gasteiger charge is 2.15. The van der Waals surface area contributed by atoms with Crippen molar-refractivity contribution in [2.75, 3.05) is 7.11 Å². The van der Waals surface area contributed by atoms with Crippen molar-refractivity contribution < 1.29 is 14.4 Å². The molecule has 1 atom stereocenters. The van der Waals surface area contributed by atoms with Gasteiger partial charge in [0.05, 0.1) is 6.04 Å². The minimum atomic E-state index is -0.368. The fraction of sp³-hybridized carbons (Fsp3) is 0.333. The maximum atomic E-state index is 9.18. The molecule has 1 aromatic carbocycles. The molecule has 0 aliphatic rings. The number of benzene rings is 1. The summed E-state index contributed by atoms with van der Waals surface area (Å²) >= 11 is 0. The number of ether oxygens (including phenoxy) is 1. The highest BCUT2D eigenvalue weighted by atomic mass is 16.5. The Morgan fingerprint density at radius 2 is 2.11 bits per heavy atom. The van der Waals surface area contributed by atoms with Crippen LogP contribution in [0.3, 0.4) is 0 Å². The van der Waals surface area contributed by atoms with Gasteiger partial charge in [-0.1, -0.05) is 17.3 Å². The second kappa shape index (κ2) is 5.61. The molecule has 0 fully saturated rings. The topological polar surface area (TPSA) is 94.4 Å². The van der Waals surface area contributed by atoms with Crippen LogP contribution in [0.1, 0.15) is 23.3 Å². The van der Waals surface area contributed by atoms with Gasteiger partial charge < -0.3 is 20.1 Å². The maximum Gasteiger partial charge on any atom is 0.243 e. The van der Waals surface area contributed by atoms with Gasteiger partial charge in [-0.3, -0.25) is 0 Å². The lowest BCUT2D eigenvalue weighted by molar-refractivity contribution is 0.174. The van der Waals surface area contributed by atoms with Gasteiger partial charge in [0.25, 0.3) is 0 Å². The standard InChI is InChI=1S/C12H15N3O3/c1-17-7-11-14-12(18-15-11)10(13)6-8-2-4-9(16)5-3-8/h2-5,10,16H,6-7,13H2,1H3. The monoisotopic (exact) mass is 249 g/mol. The van der Waals surface area contributed by atoms with E-state index in [4.69, 9.17) is 15.0 Å². The summed E-state index contributed by atoms with van der Waals surface area (Å²) in [5.74, 6) is 1.09. The zero-order valence-corrected chi connectivity index (χ0v) is 10.0. The molecular formula is C12H15N3O3. The van der Waals surface area contributed by atoms with Crippen LogP contribution in [0.2, 0.25) is 0 Å². The third-order valence-corrected chi connectivity index (χ3v) is 2.47. The number of aromatic nitrogens is 2. The minimum absolute atomic E-state index is 0.229. The first kappa shape index (κ1) is 12.5. The predicted octanol–water partition coefficient (Wildman–Crippen LogP) is 1.16. The van der Waals surface area contributed by atoms with Crippen molar-refractivity contribution in [1.29, 1.82) is 0 Å². The molecule has 2 rings (SSSR count). The molecule has 0 amide bonds. The van der Waals surface area contributed by atoms with Crippen LogP contribution in [0.5, 0.6) is 5.75 Å². The highest BCUT2D eigenvalue weighted by molar-refractivity contribution is 5.26. The van der Waals surface area contributed by atoms with Gasteiger partial charge in [-0.2, -0.15) is 4.98 Å². The van der Waals surface area contributed by atoms with Crippen LogP contribution in [-0.4, -0.2) is 22.4 Å². The van der Waals surface area contributed by atoms with Crippen molar-refractivity contribution in [2.24, 2.45) is 5.73 Å². The third kappa shape index (κ3) is 3.06. The van der Waals surface area contributed by atoms with Gasteiger partial charge in [0.1, 0.15) is 12.4 Å². The van der Waals surface area contributed by atoms with Gasteiger partial charge in [-0.25, -0.2) is 0 Å². The molecule has 0 saturated heterocycles. The lowest BCUT2D eigenvalue weighted by Crippen LogP contribution is -2.13. The van der Waals surface area contributed by atoms with Gasteiger partial charge in [0.2, 0.25) is 5.89 Å². The number of hydrogen-bond donors (Lipinski definition) is 2. The summed E-state index contributed by atoms with van der Waals surface area (Å²) in [6.45, 7) is 0.301.